The van der Waals surface area contributed by atoms with E-state index in [9.17, 15) is 14.4 Å². The summed E-state index contributed by atoms with van der Waals surface area (Å²) in [6.07, 6.45) is 70.7. The molecule has 0 N–H and O–H groups in total. The lowest BCUT2D eigenvalue weighted by Gasteiger charge is -2.18. The lowest BCUT2D eigenvalue weighted by atomic mass is 10.0. The van der Waals surface area contributed by atoms with E-state index in [0.717, 1.165) is 70.6 Å². The molecular formula is C64H120O6. The van der Waals surface area contributed by atoms with Crippen LogP contribution >= 0.6 is 0 Å². The normalized spacial score (nSPS) is 12.1. The number of hydrogen-bond donors (Lipinski definition) is 0. The van der Waals surface area contributed by atoms with Crippen molar-refractivity contribution in [2.24, 2.45) is 0 Å². The van der Waals surface area contributed by atoms with Gasteiger partial charge in [-0.05, 0) is 64.2 Å². The molecule has 0 aliphatic heterocycles. The third kappa shape index (κ3) is 56.8. The standard InChI is InChI=1S/C64H120O6/c1-4-7-10-13-16-19-22-24-25-26-27-28-29-30-31-32-33-34-35-36-37-38-39-41-42-45-48-51-54-57-63(66)69-60-61(59-68-62(65)56-53-50-47-44-21-18-15-12-9-6-3)70-64(67)58-55-52-49-46-43-40-23-20-17-14-11-8-5-2/h12,15,26-27,61H,4-11,13-14,16-25,28-60H2,1-3H3/b15-12-,27-26-. The maximum absolute atomic E-state index is 12.8. The van der Waals surface area contributed by atoms with Crippen LogP contribution in [0.15, 0.2) is 24.3 Å². The number of unbranched alkanes of at least 4 members (excludes halogenated alkanes) is 43. The minimum Gasteiger partial charge on any atom is -0.462 e. The summed E-state index contributed by atoms with van der Waals surface area (Å²) >= 11 is 0. The quantitative estimate of drug-likeness (QED) is 0.0261. The van der Waals surface area contributed by atoms with Gasteiger partial charge in [0.1, 0.15) is 13.2 Å². The van der Waals surface area contributed by atoms with Crippen LogP contribution in [0.25, 0.3) is 0 Å². The number of carbonyl (C=O) groups excluding carboxylic acids is 3. The molecule has 0 aromatic carbocycles. The van der Waals surface area contributed by atoms with Gasteiger partial charge in [-0.1, -0.05) is 289 Å². The summed E-state index contributed by atoms with van der Waals surface area (Å²) in [5.41, 5.74) is 0. The molecule has 412 valence electrons. The largest absolute Gasteiger partial charge is 0.462 e. The summed E-state index contributed by atoms with van der Waals surface area (Å²) in [6, 6.07) is 0. The van der Waals surface area contributed by atoms with E-state index in [1.165, 1.54) is 238 Å². The fourth-order valence-corrected chi connectivity index (χ4v) is 9.44. The van der Waals surface area contributed by atoms with Crippen LogP contribution in [0.4, 0.5) is 0 Å². The first-order valence-corrected chi connectivity index (χ1v) is 31.3. The highest BCUT2D eigenvalue weighted by Crippen LogP contribution is 2.18. The van der Waals surface area contributed by atoms with Gasteiger partial charge in [0.2, 0.25) is 0 Å². The number of rotatable bonds is 58. The molecule has 0 aliphatic rings. The van der Waals surface area contributed by atoms with E-state index in [4.69, 9.17) is 14.2 Å². The summed E-state index contributed by atoms with van der Waals surface area (Å²) in [4.78, 5) is 38.1. The third-order valence-electron chi connectivity index (χ3n) is 14.2. The van der Waals surface area contributed by atoms with Crippen LogP contribution in [0.5, 0.6) is 0 Å². The van der Waals surface area contributed by atoms with Gasteiger partial charge in [-0.3, -0.25) is 14.4 Å². The first-order chi connectivity index (χ1) is 34.5. The predicted octanol–water partition coefficient (Wildman–Crippen LogP) is 21.1. The molecule has 0 spiro atoms. The minimum absolute atomic E-state index is 0.0686. The van der Waals surface area contributed by atoms with Crippen molar-refractivity contribution >= 4 is 17.9 Å². The van der Waals surface area contributed by atoms with Crippen LogP contribution in [0.3, 0.4) is 0 Å². The van der Waals surface area contributed by atoms with Crippen LogP contribution in [-0.2, 0) is 28.6 Å². The van der Waals surface area contributed by atoms with Gasteiger partial charge in [-0.25, -0.2) is 0 Å². The average molecular weight is 986 g/mol. The van der Waals surface area contributed by atoms with E-state index < -0.39 is 6.10 Å². The molecule has 0 heterocycles. The van der Waals surface area contributed by atoms with Crippen molar-refractivity contribution in [2.75, 3.05) is 13.2 Å². The first kappa shape index (κ1) is 67.9. The number of allylic oxidation sites excluding steroid dienone is 4. The molecule has 0 radical (unpaired) electrons. The smallest absolute Gasteiger partial charge is 0.306 e. The van der Waals surface area contributed by atoms with Crippen molar-refractivity contribution in [3.63, 3.8) is 0 Å². The lowest BCUT2D eigenvalue weighted by Crippen LogP contribution is -2.30. The number of ether oxygens (including phenoxy) is 3. The van der Waals surface area contributed by atoms with Crippen LogP contribution in [-0.4, -0.2) is 37.2 Å². The van der Waals surface area contributed by atoms with Crippen molar-refractivity contribution in [1.29, 1.82) is 0 Å². The molecule has 0 bridgehead atoms. The van der Waals surface area contributed by atoms with Gasteiger partial charge in [0, 0.05) is 19.3 Å². The van der Waals surface area contributed by atoms with Crippen molar-refractivity contribution < 1.29 is 28.6 Å². The predicted molar refractivity (Wildman–Crippen MR) is 303 cm³/mol. The Morgan fingerprint density at radius 3 is 0.771 bits per heavy atom. The molecule has 0 saturated carbocycles. The highest BCUT2D eigenvalue weighted by atomic mass is 16.6. The van der Waals surface area contributed by atoms with Gasteiger partial charge in [0.05, 0.1) is 0 Å². The van der Waals surface area contributed by atoms with Crippen LogP contribution in [0.1, 0.15) is 348 Å². The van der Waals surface area contributed by atoms with Gasteiger partial charge in [-0.15, -0.1) is 0 Å². The second-order valence-electron chi connectivity index (χ2n) is 21.3. The van der Waals surface area contributed by atoms with Crippen LogP contribution < -0.4 is 0 Å². The Labute approximate surface area is 436 Å². The highest BCUT2D eigenvalue weighted by molar-refractivity contribution is 5.71. The second kappa shape index (κ2) is 59.5. The molecule has 6 nitrogen and oxygen atoms in total. The average Bonchev–Trinajstić information content (AvgIpc) is 3.36. The topological polar surface area (TPSA) is 78.9 Å². The summed E-state index contributed by atoms with van der Waals surface area (Å²) in [5, 5.41) is 0. The Morgan fingerprint density at radius 2 is 0.500 bits per heavy atom. The van der Waals surface area contributed by atoms with Crippen molar-refractivity contribution in [2.45, 2.75) is 354 Å². The van der Waals surface area contributed by atoms with Crippen LogP contribution in [0.2, 0.25) is 0 Å². The fraction of sp³-hybridized carbons (Fsp3) is 0.891. The number of hydrogen-bond acceptors (Lipinski definition) is 6. The van der Waals surface area contributed by atoms with E-state index >= 15 is 0 Å². The van der Waals surface area contributed by atoms with Crippen molar-refractivity contribution in [3.8, 4) is 0 Å². The molecule has 0 amide bonds. The van der Waals surface area contributed by atoms with E-state index in [0.29, 0.717) is 19.3 Å². The lowest BCUT2D eigenvalue weighted by molar-refractivity contribution is -0.167. The van der Waals surface area contributed by atoms with Crippen molar-refractivity contribution in [3.05, 3.63) is 24.3 Å². The Kier molecular flexibility index (Phi) is 57.7. The molecule has 0 saturated heterocycles. The first-order valence-electron chi connectivity index (χ1n) is 31.3. The summed E-state index contributed by atoms with van der Waals surface area (Å²) < 4.78 is 16.9. The van der Waals surface area contributed by atoms with Gasteiger partial charge in [0.25, 0.3) is 0 Å². The Bertz CT molecular complexity index is 1130. The Hall–Kier alpha value is -2.11. The molecule has 70 heavy (non-hydrogen) atoms. The molecule has 0 rings (SSSR count). The van der Waals surface area contributed by atoms with E-state index in [1.807, 2.05) is 0 Å². The van der Waals surface area contributed by atoms with Gasteiger partial charge >= 0.3 is 17.9 Å². The second-order valence-corrected chi connectivity index (χ2v) is 21.3. The van der Waals surface area contributed by atoms with Gasteiger partial charge in [-0.2, -0.15) is 0 Å². The molecule has 0 aromatic rings. The molecule has 0 aromatic heterocycles. The van der Waals surface area contributed by atoms with Gasteiger partial charge in [0.15, 0.2) is 6.10 Å². The zero-order chi connectivity index (χ0) is 50.7. The van der Waals surface area contributed by atoms with E-state index in [2.05, 4.69) is 45.1 Å². The monoisotopic (exact) mass is 985 g/mol. The molecule has 1 atom stereocenters. The minimum atomic E-state index is -0.769. The summed E-state index contributed by atoms with van der Waals surface area (Å²) in [5.74, 6) is -0.859. The molecule has 1 unspecified atom stereocenters. The SMILES string of the molecule is CCC/C=C\CCCCCCCC(=O)OCC(COC(=O)CCCCCCCCCCCCCCCCCCC/C=C\CCCCCCCCCC)OC(=O)CCCCCCCCCCCCCCC. The van der Waals surface area contributed by atoms with Gasteiger partial charge < -0.3 is 14.2 Å². The maximum atomic E-state index is 12.8. The Morgan fingerprint density at radius 1 is 0.271 bits per heavy atom. The summed E-state index contributed by atoms with van der Waals surface area (Å²) in [7, 11) is 0. The number of esters is 3. The molecular weight excluding hydrogens is 865 g/mol. The van der Waals surface area contributed by atoms with E-state index in [1.54, 1.807) is 0 Å². The fourth-order valence-electron chi connectivity index (χ4n) is 9.44. The van der Waals surface area contributed by atoms with Crippen LogP contribution in [0, 0.1) is 0 Å². The molecule has 0 aliphatic carbocycles. The Balaban J connectivity index is 4.06. The molecule has 6 heteroatoms. The third-order valence-corrected chi connectivity index (χ3v) is 14.2. The zero-order valence-electron chi connectivity index (χ0n) is 47.3. The maximum Gasteiger partial charge on any atom is 0.306 e. The summed E-state index contributed by atoms with van der Waals surface area (Å²) in [6.45, 7) is 6.62. The van der Waals surface area contributed by atoms with E-state index in [-0.39, 0.29) is 31.1 Å². The molecule has 0 fully saturated rings. The zero-order valence-corrected chi connectivity index (χ0v) is 47.3. The highest BCUT2D eigenvalue weighted by Gasteiger charge is 2.19. The van der Waals surface area contributed by atoms with Crippen molar-refractivity contribution in [1.82, 2.24) is 0 Å². The number of carbonyl (C=O) groups is 3.